The van der Waals surface area contributed by atoms with E-state index in [4.69, 9.17) is 4.74 Å². The number of hydrogen-bond donors (Lipinski definition) is 1. The Morgan fingerprint density at radius 3 is 2.21 bits per heavy atom. The Labute approximate surface area is 233 Å². The quantitative estimate of drug-likeness (QED) is 0.297. The molecule has 39 heavy (non-hydrogen) atoms. The first-order chi connectivity index (χ1) is 19.0. The fraction of sp³-hybridized carbons (Fsp3) is 0.226. The maximum atomic E-state index is 13.8. The van der Waals surface area contributed by atoms with Crippen LogP contribution in [0.25, 0.3) is 16.9 Å². The van der Waals surface area contributed by atoms with Gasteiger partial charge in [-0.15, -0.1) is 11.8 Å². The van der Waals surface area contributed by atoms with E-state index in [1.54, 1.807) is 23.8 Å². The lowest BCUT2D eigenvalue weighted by atomic mass is 10.1. The molecule has 1 saturated heterocycles. The maximum absolute atomic E-state index is 13.8. The van der Waals surface area contributed by atoms with Gasteiger partial charge in [-0.05, 0) is 61.2 Å². The van der Waals surface area contributed by atoms with Crippen molar-refractivity contribution < 1.29 is 14.3 Å². The number of nitrogens with zero attached hydrogens (tertiary/aromatic N) is 3. The zero-order valence-corrected chi connectivity index (χ0v) is 23.2. The first-order valence-corrected chi connectivity index (χ1v) is 14.1. The van der Waals surface area contributed by atoms with Gasteiger partial charge in [0.15, 0.2) is 0 Å². The molecule has 7 nitrogen and oxygen atoms in total. The minimum Gasteiger partial charge on any atom is -0.497 e. The molecule has 8 heteroatoms. The first kappa shape index (κ1) is 26.4. The third kappa shape index (κ3) is 5.66. The van der Waals surface area contributed by atoms with Crippen molar-refractivity contribution in [2.24, 2.45) is 0 Å². The van der Waals surface area contributed by atoms with Crippen molar-refractivity contribution in [3.63, 3.8) is 0 Å². The third-order valence-electron chi connectivity index (χ3n) is 7.05. The number of benzene rings is 3. The lowest BCUT2D eigenvalue weighted by Crippen LogP contribution is -2.51. The van der Waals surface area contributed by atoms with Crippen LogP contribution < -0.4 is 10.1 Å². The average Bonchev–Trinajstić information content (AvgIpc) is 3.34. The average molecular weight is 541 g/mol. The molecule has 1 N–H and O–H groups in total. The van der Waals surface area contributed by atoms with Gasteiger partial charge in [0.2, 0.25) is 0 Å². The van der Waals surface area contributed by atoms with Crippen molar-refractivity contribution in [2.45, 2.75) is 11.8 Å². The summed E-state index contributed by atoms with van der Waals surface area (Å²) in [7, 11) is 1.65. The molecule has 0 saturated carbocycles. The van der Waals surface area contributed by atoms with Crippen LogP contribution in [0.1, 0.15) is 16.1 Å². The highest BCUT2D eigenvalue weighted by molar-refractivity contribution is 7.98. The lowest BCUT2D eigenvalue weighted by Gasteiger charge is -2.34. The number of amides is 3. The molecule has 0 unspecified atom stereocenters. The molecule has 1 aliphatic rings. The molecule has 2 heterocycles. The van der Waals surface area contributed by atoms with Crippen LogP contribution >= 0.6 is 11.8 Å². The third-order valence-corrected chi connectivity index (χ3v) is 7.80. The Balaban J connectivity index is 1.34. The lowest BCUT2D eigenvalue weighted by molar-refractivity contribution is 0.0671. The van der Waals surface area contributed by atoms with E-state index >= 15 is 0 Å². The Morgan fingerprint density at radius 1 is 0.846 bits per heavy atom. The molecule has 0 aliphatic carbocycles. The molecule has 1 fully saturated rings. The van der Waals surface area contributed by atoms with Gasteiger partial charge in [-0.3, -0.25) is 4.79 Å². The SMILES string of the molecule is COc1cccc(-n2c(-c3ccccc3)cc(C(=O)N3CCN(C(=O)Nc4ccc(SC)cc4)CC3)c2C)c1. The van der Waals surface area contributed by atoms with Gasteiger partial charge in [0, 0.05) is 54.2 Å². The molecular weight excluding hydrogens is 508 g/mol. The molecule has 4 aromatic rings. The van der Waals surface area contributed by atoms with Crippen molar-refractivity contribution in [2.75, 3.05) is 44.9 Å². The summed E-state index contributed by atoms with van der Waals surface area (Å²) in [5, 5.41) is 2.96. The predicted octanol–water partition coefficient (Wildman–Crippen LogP) is 6.17. The first-order valence-electron chi connectivity index (χ1n) is 12.9. The van der Waals surface area contributed by atoms with Gasteiger partial charge in [-0.1, -0.05) is 36.4 Å². The van der Waals surface area contributed by atoms with Crippen molar-refractivity contribution in [1.82, 2.24) is 14.4 Å². The van der Waals surface area contributed by atoms with Crippen LogP contribution in [0.5, 0.6) is 5.75 Å². The van der Waals surface area contributed by atoms with Gasteiger partial charge < -0.3 is 24.4 Å². The molecule has 3 aromatic carbocycles. The highest BCUT2D eigenvalue weighted by atomic mass is 32.2. The van der Waals surface area contributed by atoms with E-state index in [0.717, 1.165) is 39.0 Å². The molecule has 1 aliphatic heterocycles. The summed E-state index contributed by atoms with van der Waals surface area (Å²) in [6, 6.07) is 27.5. The number of piperazine rings is 1. The minimum atomic E-state index is -0.147. The van der Waals surface area contributed by atoms with E-state index in [1.807, 2.05) is 103 Å². The minimum absolute atomic E-state index is 0.0287. The summed E-state index contributed by atoms with van der Waals surface area (Å²) in [5.74, 6) is 0.723. The van der Waals surface area contributed by atoms with Crippen molar-refractivity contribution in [3.8, 4) is 22.7 Å². The van der Waals surface area contributed by atoms with E-state index in [0.29, 0.717) is 31.7 Å². The van der Waals surface area contributed by atoms with Crippen LogP contribution in [0.3, 0.4) is 0 Å². The number of nitrogens with one attached hydrogen (secondary N) is 1. The molecule has 0 atom stereocenters. The number of carbonyl (C=O) groups excluding carboxylic acids is 2. The van der Waals surface area contributed by atoms with Gasteiger partial charge in [-0.25, -0.2) is 4.79 Å². The zero-order chi connectivity index (χ0) is 27.4. The van der Waals surface area contributed by atoms with Crippen LogP contribution in [-0.4, -0.2) is 65.8 Å². The van der Waals surface area contributed by atoms with Crippen LogP contribution in [0.4, 0.5) is 10.5 Å². The fourth-order valence-corrected chi connectivity index (χ4v) is 5.30. The summed E-state index contributed by atoms with van der Waals surface area (Å²) in [6.07, 6.45) is 2.02. The second-order valence-electron chi connectivity index (χ2n) is 9.37. The number of thioether (sulfide) groups is 1. The molecule has 0 radical (unpaired) electrons. The van der Waals surface area contributed by atoms with Gasteiger partial charge in [0.25, 0.3) is 5.91 Å². The van der Waals surface area contributed by atoms with Crippen molar-refractivity contribution in [3.05, 3.63) is 96.2 Å². The zero-order valence-electron chi connectivity index (χ0n) is 22.4. The number of methoxy groups -OCH3 is 1. The van der Waals surface area contributed by atoms with E-state index in [9.17, 15) is 9.59 Å². The Morgan fingerprint density at radius 2 is 1.54 bits per heavy atom. The van der Waals surface area contributed by atoms with Crippen LogP contribution in [-0.2, 0) is 0 Å². The number of carbonyl (C=O) groups is 2. The van der Waals surface area contributed by atoms with Crippen molar-refractivity contribution in [1.29, 1.82) is 0 Å². The van der Waals surface area contributed by atoms with Crippen molar-refractivity contribution >= 4 is 29.4 Å². The largest absolute Gasteiger partial charge is 0.497 e. The number of ether oxygens (including phenoxy) is 1. The van der Waals surface area contributed by atoms with E-state index < -0.39 is 0 Å². The number of hydrogen-bond acceptors (Lipinski definition) is 4. The summed E-state index contributed by atoms with van der Waals surface area (Å²) >= 11 is 1.66. The van der Waals surface area contributed by atoms with E-state index in [1.165, 1.54) is 0 Å². The van der Waals surface area contributed by atoms with Crippen LogP contribution in [0, 0.1) is 6.92 Å². The highest BCUT2D eigenvalue weighted by Crippen LogP contribution is 2.31. The number of urea groups is 1. The summed E-state index contributed by atoms with van der Waals surface area (Å²) in [6.45, 7) is 3.87. The fourth-order valence-electron chi connectivity index (χ4n) is 4.89. The van der Waals surface area contributed by atoms with Gasteiger partial charge in [0.05, 0.1) is 18.4 Å². The number of anilines is 1. The summed E-state index contributed by atoms with van der Waals surface area (Å²) < 4.78 is 7.57. The van der Waals surface area contributed by atoms with Crippen LogP contribution in [0.15, 0.2) is 89.8 Å². The number of aromatic nitrogens is 1. The Hall–Kier alpha value is -4.17. The van der Waals surface area contributed by atoms with E-state index in [2.05, 4.69) is 9.88 Å². The normalized spacial score (nSPS) is 13.3. The molecule has 1 aromatic heterocycles. The monoisotopic (exact) mass is 540 g/mol. The Bertz CT molecular complexity index is 1460. The molecule has 200 valence electrons. The van der Waals surface area contributed by atoms with Gasteiger partial charge >= 0.3 is 6.03 Å². The van der Waals surface area contributed by atoms with Gasteiger partial charge in [-0.2, -0.15) is 0 Å². The summed E-state index contributed by atoms with van der Waals surface area (Å²) in [5.41, 5.74) is 5.17. The topological polar surface area (TPSA) is 66.8 Å². The second kappa shape index (κ2) is 11.7. The summed E-state index contributed by atoms with van der Waals surface area (Å²) in [4.78, 5) is 31.3. The Kier molecular flexibility index (Phi) is 7.93. The van der Waals surface area contributed by atoms with E-state index in [-0.39, 0.29) is 11.9 Å². The standard InChI is InChI=1S/C31H32N4O3S/c1-22-28(21-29(23-8-5-4-6-9-23)35(22)25-10-7-11-26(20-25)38-2)30(36)33-16-18-34(19-17-33)31(37)32-24-12-14-27(39-3)15-13-24/h4-15,20-21H,16-19H2,1-3H3,(H,32,37). The molecule has 5 rings (SSSR count). The smallest absolute Gasteiger partial charge is 0.321 e. The molecule has 0 bridgehead atoms. The second-order valence-corrected chi connectivity index (χ2v) is 10.2. The highest BCUT2D eigenvalue weighted by Gasteiger charge is 2.28. The maximum Gasteiger partial charge on any atom is 0.321 e. The molecule has 3 amide bonds. The predicted molar refractivity (Wildman–Crippen MR) is 157 cm³/mol. The van der Waals surface area contributed by atoms with Gasteiger partial charge in [0.1, 0.15) is 5.75 Å². The van der Waals surface area contributed by atoms with Crippen LogP contribution in [0.2, 0.25) is 0 Å². The number of rotatable bonds is 6. The molecular formula is C31H32N4O3S. The molecule has 0 spiro atoms.